The van der Waals surface area contributed by atoms with Crippen molar-refractivity contribution >= 4 is 5.82 Å². The summed E-state index contributed by atoms with van der Waals surface area (Å²) >= 11 is 0. The van der Waals surface area contributed by atoms with E-state index in [1.54, 1.807) is 20.3 Å². The molecule has 0 unspecified atom stereocenters. The first kappa shape index (κ1) is 10.4. The smallest absolute Gasteiger partial charge is 0.345 e. The lowest BCUT2D eigenvalue weighted by atomic mass is 10.2. The molecule has 0 aromatic carbocycles. The van der Waals surface area contributed by atoms with Gasteiger partial charge in [-0.2, -0.15) is 5.10 Å². The Morgan fingerprint density at radius 3 is 2.94 bits per heavy atom. The summed E-state index contributed by atoms with van der Waals surface area (Å²) in [6.07, 6.45) is 3.20. The normalized spacial score (nSPS) is 10.4. The van der Waals surface area contributed by atoms with E-state index in [0.29, 0.717) is 6.54 Å². The van der Waals surface area contributed by atoms with Crippen molar-refractivity contribution in [2.75, 3.05) is 12.4 Å². The number of nitrogens with zero attached hydrogens (tertiary/aromatic N) is 4. The Hall–Kier alpha value is -2.11. The second-order valence-electron chi connectivity index (χ2n) is 3.44. The van der Waals surface area contributed by atoms with Gasteiger partial charge in [-0.15, -0.1) is 0 Å². The van der Waals surface area contributed by atoms with Gasteiger partial charge in [-0.3, -0.25) is 4.57 Å². The SMILES string of the molecule is CNc1ncccc1Cn1ncn(C)c1=O. The zero-order valence-corrected chi connectivity index (χ0v) is 9.21. The molecule has 0 radical (unpaired) electrons. The lowest BCUT2D eigenvalue weighted by Crippen LogP contribution is -2.23. The second kappa shape index (κ2) is 4.18. The molecule has 2 aromatic heterocycles. The van der Waals surface area contributed by atoms with Crippen molar-refractivity contribution in [3.8, 4) is 0 Å². The Morgan fingerprint density at radius 1 is 1.50 bits per heavy atom. The van der Waals surface area contributed by atoms with Crippen molar-refractivity contribution in [2.45, 2.75) is 6.54 Å². The second-order valence-corrected chi connectivity index (χ2v) is 3.44. The van der Waals surface area contributed by atoms with Crippen molar-refractivity contribution in [3.63, 3.8) is 0 Å². The number of nitrogens with one attached hydrogen (secondary N) is 1. The molecule has 2 heterocycles. The summed E-state index contributed by atoms with van der Waals surface area (Å²) in [6.45, 7) is 0.420. The monoisotopic (exact) mass is 219 g/mol. The fourth-order valence-corrected chi connectivity index (χ4v) is 1.48. The van der Waals surface area contributed by atoms with Crippen LogP contribution >= 0.6 is 0 Å². The van der Waals surface area contributed by atoms with E-state index in [1.807, 2.05) is 12.1 Å². The molecule has 6 nitrogen and oxygen atoms in total. The fraction of sp³-hybridized carbons (Fsp3) is 0.300. The molecular weight excluding hydrogens is 206 g/mol. The number of hydrogen-bond donors (Lipinski definition) is 1. The van der Waals surface area contributed by atoms with E-state index >= 15 is 0 Å². The number of aromatic nitrogens is 4. The molecule has 0 aliphatic rings. The lowest BCUT2D eigenvalue weighted by molar-refractivity contribution is 0.646. The maximum atomic E-state index is 11.6. The van der Waals surface area contributed by atoms with E-state index in [2.05, 4.69) is 15.4 Å². The highest BCUT2D eigenvalue weighted by atomic mass is 16.2. The lowest BCUT2D eigenvalue weighted by Gasteiger charge is -2.06. The van der Waals surface area contributed by atoms with Crippen LogP contribution in [-0.4, -0.2) is 26.4 Å². The number of aryl methyl sites for hydroxylation is 1. The van der Waals surface area contributed by atoms with Crippen LogP contribution in [0, 0.1) is 0 Å². The molecule has 6 heteroatoms. The van der Waals surface area contributed by atoms with Crippen molar-refractivity contribution in [3.05, 3.63) is 40.7 Å². The summed E-state index contributed by atoms with van der Waals surface area (Å²) in [6, 6.07) is 3.75. The molecule has 0 atom stereocenters. The Labute approximate surface area is 92.6 Å². The Morgan fingerprint density at radius 2 is 2.31 bits per heavy atom. The quantitative estimate of drug-likeness (QED) is 0.793. The van der Waals surface area contributed by atoms with E-state index in [9.17, 15) is 4.79 Å². The molecule has 2 rings (SSSR count). The number of hydrogen-bond acceptors (Lipinski definition) is 4. The van der Waals surface area contributed by atoms with Gasteiger partial charge in [0.15, 0.2) is 0 Å². The van der Waals surface area contributed by atoms with E-state index in [1.165, 1.54) is 15.6 Å². The minimum atomic E-state index is -0.133. The summed E-state index contributed by atoms with van der Waals surface area (Å²) in [7, 11) is 3.47. The predicted molar refractivity (Wildman–Crippen MR) is 60.4 cm³/mol. The zero-order chi connectivity index (χ0) is 11.5. The number of pyridine rings is 1. The third-order valence-corrected chi connectivity index (χ3v) is 2.33. The third kappa shape index (κ3) is 1.81. The molecule has 0 saturated heterocycles. The van der Waals surface area contributed by atoms with Crippen LogP contribution in [0.2, 0.25) is 0 Å². The van der Waals surface area contributed by atoms with Crippen LogP contribution in [-0.2, 0) is 13.6 Å². The predicted octanol–water partition coefficient (Wildman–Crippen LogP) is 0.0668. The van der Waals surface area contributed by atoms with Gasteiger partial charge in [0.1, 0.15) is 12.1 Å². The first-order valence-corrected chi connectivity index (χ1v) is 4.92. The first-order valence-electron chi connectivity index (χ1n) is 4.92. The standard InChI is InChI=1S/C10H13N5O/c1-11-9-8(4-3-5-12-9)6-15-10(16)14(2)7-13-15/h3-5,7H,6H2,1-2H3,(H,11,12). The minimum Gasteiger partial charge on any atom is -0.373 e. The molecule has 0 bridgehead atoms. The van der Waals surface area contributed by atoms with Crippen LogP contribution in [0.3, 0.4) is 0 Å². The molecule has 0 aliphatic carbocycles. The van der Waals surface area contributed by atoms with E-state index < -0.39 is 0 Å². The summed E-state index contributed by atoms with van der Waals surface area (Å²) in [5.41, 5.74) is 0.803. The van der Waals surface area contributed by atoms with Gasteiger partial charge in [-0.1, -0.05) is 6.07 Å². The number of rotatable bonds is 3. The average Bonchev–Trinajstić information content (AvgIpc) is 2.62. The van der Waals surface area contributed by atoms with Crippen molar-refractivity contribution in [2.24, 2.45) is 7.05 Å². The van der Waals surface area contributed by atoms with E-state index in [0.717, 1.165) is 11.4 Å². The molecule has 1 N–H and O–H groups in total. The molecule has 84 valence electrons. The van der Waals surface area contributed by atoms with E-state index in [4.69, 9.17) is 0 Å². The Kier molecular flexibility index (Phi) is 2.72. The highest BCUT2D eigenvalue weighted by Gasteiger charge is 2.06. The van der Waals surface area contributed by atoms with Gasteiger partial charge in [0.2, 0.25) is 0 Å². The van der Waals surface area contributed by atoms with Gasteiger partial charge in [0, 0.05) is 25.9 Å². The minimum absolute atomic E-state index is 0.133. The Balaban J connectivity index is 2.34. The van der Waals surface area contributed by atoms with Gasteiger partial charge in [0.25, 0.3) is 0 Å². The zero-order valence-electron chi connectivity index (χ0n) is 9.21. The van der Waals surface area contributed by atoms with Crippen LogP contribution in [0.4, 0.5) is 5.82 Å². The van der Waals surface area contributed by atoms with Crippen molar-refractivity contribution in [1.29, 1.82) is 0 Å². The highest BCUT2D eigenvalue weighted by molar-refractivity contribution is 5.42. The molecule has 0 fully saturated rings. The molecule has 0 saturated carbocycles. The summed E-state index contributed by atoms with van der Waals surface area (Å²) in [5, 5.41) is 6.98. The maximum absolute atomic E-state index is 11.6. The average molecular weight is 219 g/mol. The summed E-state index contributed by atoms with van der Waals surface area (Å²) < 4.78 is 2.84. The van der Waals surface area contributed by atoms with E-state index in [-0.39, 0.29) is 5.69 Å². The molecule has 0 aliphatic heterocycles. The summed E-state index contributed by atoms with van der Waals surface area (Å²) in [4.78, 5) is 15.8. The Bertz CT molecular complexity index is 542. The van der Waals surface area contributed by atoms with Gasteiger partial charge in [0.05, 0.1) is 6.54 Å². The number of anilines is 1. The van der Waals surface area contributed by atoms with Crippen molar-refractivity contribution < 1.29 is 0 Å². The third-order valence-electron chi connectivity index (χ3n) is 2.33. The van der Waals surface area contributed by atoms with Crippen LogP contribution in [0.25, 0.3) is 0 Å². The van der Waals surface area contributed by atoms with Crippen LogP contribution < -0.4 is 11.0 Å². The van der Waals surface area contributed by atoms with Gasteiger partial charge >= 0.3 is 5.69 Å². The first-order chi connectivity index (χ1) is 7.72. The van der Waals surface area contributed by atoms with Gasteiger partial charge in [-0.25, -0.2) is 14.5 Å². The summed E-state index contributed by atoms with van der Waals surface area (Å²) in [5.74, 6) is 0.764. The molecule has 16 heavy (non-hydrogen) atoms. The van der Waals surface area contributed by atoms with Crippen LogP contribution in [0.5, 0.6) is 0 Å². The molecule has 2 aromatic rings. The molecular formula is C10H13N5O. The highest BCUT2D eigenvalue weighted by Crippen LogP contribution is 2.10. The van der Waals surface area contributed by atoms with Crippen molar-refractivity contribution in [1.82, 2.24) is 19.3 Å². The van der Waals surface area contributed by atoms with Gasteiger partial charge in [-0.05, 0) is 6.07 Å². The molecule has 0 amide bonds. The fourth-order valence-electron chi connectivity index (χ4n) is 1.48. The maximum Gasteiger partial charge on any atom is 0.345 e. The van der Waals surface area contributed by atoms with Crippen LogP contribution in [0.15, 0.2) is 29.5 Å². The topological polar surface area (TPSA) is 64.7 Å². The molecule has 0 spiro atoms. The van der Waals surface area contributed by atoms with Gasteiger partial charge < -0.3 is 5.32 Å². The van der Waals surface area contributed by atoms with Crippen LogP contribution in [0.1, 0.15) is 5.56 Å². The largest absolute Gasteiger partial charge is 0.373 e.